The molecule has 4 heterocycles. The summed E-state index contributed by atoms with van der Waals surface area (Å²) in [5, 5.41) is 11.9. The van der Waals surface area contributed by atoms with Crippen molar-refractivity contribution in [2.75, 3.05) is 19.7 Å². The smallest absolute Gasteiger partial charge is 0.411 e. The Labute approximate surface area is 170 Å². The van der Waals surface area contributed by atoms with Gasteiger partial charge in [0.05, 0.1) is 31.1 Å². The van der Waals surface area contributed by atoms with E-state index in [1.807, 2.05) is 11.8 Å². The first kappa shape index (κ1) is 19.6. The molecule has 1 atom stereocenters. The molecule has 10 nitrogen and oxygen atoms in total. The molecule has 0 spiro atoms. The van der Waals surface area contributed by atoms with Crippen LogP contribution in [0.15, 0.2) is 14.6 Å². The number of amides is 1. The number of thiophene rings is 1. The van der Waals surface area contributed by atoms with Gasteiger partial charge in [-0.1, -0.05) is 0 Å². The van der Waals surface area contributed by atoms with Gasteiger partial charge in [-0.25, -0.2) is 9.59 Å². The van der Waals surface area contributed by atoms with Crippen LogP contribution in [0.25, 0.3) is 10.2 Å². The summed E-state index contributed by atoms with van der Waals surface area (Å²) in [6, 6.07) is 0. The number of aromatic nitrogens is 2. The van der Waals surface area contributed by atoms with Crippen LogP contribution in [-0.2, 0) is 24.4 Å². The number of ether oxygens (including phenoxy) is 1. The molecule has 0 radical (unpaired) electrons. The van der Waals surface area contributed by atoms with E-state index in [4.69, 9.17) is 9.84 Å². The minimum atomic E-state index is -1.16. The topological polar surface area (TPSA) is 118 Å². The van der Waals surface area contributed by atoms with Crippen molar-refractivity contribution >= 4 is 33.6 Å². The fourth-order valence-electron chi connectivity index (χ4n) is 3.69. The van der Waals surface area contributed by atoms with Gasteiger partial charge in [-0.15, -0.1) is 11.3 Å². The molecule has 0 aliphatic carbocycles. The Bertz CT molecular complexity index is 1110. The zero-order chi connectivity index (χ0) is 20.7. The van der Waals surface area contributed by atoms with Gasteiger partial charge in [-0.05, 0) is 25.8 Å². The second-order valence-electron chi connectivity index (χ2n) is 7.11. The minimum absolute atomic E-state index is 0.0124. The van der Waals surface area contributed by atoms with Crippen molar-refractivity contribution in [1.29, 1.82) is 0 Å². The molecule has 1 amide bonds. The molecule has 2 N–H and O–H groups in total. The zero-order valence-electron chi connectivity index (χ0n) is 16.3. The summed E-state index contributed by atoms with van der Waals surface area (Å²) in [7, 11) is 0. The highest BCUT2D eigenvalue weighted by molar-refractivity contribution is 7.18. The van der Waals surface area contributed by atoms with Crippen molar-refractivity contribution in [1.82, 2.24) is 19.4 Å². The minimum Gasteiger partial charge on any atom is -0.465 e. The monoisotopic (exact) mass is 421 g/mol. The van der Waals surface area contributed by atoms with Crippen molar-refractivity contribution in [3.05, 3.63) is 31.3 Å². The van der Waals surface area contributed by atoms with Crippen LogP contribution in [0.1, 0.15) is 23.8 Å². The maximum absolute atomic E-state index is 13.0. The summed E-state index contributed by atoms with van der Waals surface area (Å²) in [6.45, 7) is 6.59. The lowest BCUT2D eigenvalue weighted by Crippen LogP contribution is -2.43. The maximum atomic E-state index is 13.0. The Balaban J connectivity index is 1.77. The summed E-state index contributed by atoms with van der Waals surface area (Å²) in [4.78, 5) is 44.5. The number of nitrogens with one attached hydrogen (secondary N) is 1. The number of guanidine groups is 1. The highest BCUT2D eigenvalue weighted by atomic mass is 32.1. The number of fused-ring (bicyclic) bond motifs is 1. The number of rotatable bonds is 5. The number of aliphatic imine (C=N–C) groups is 1. The van der Waals surface area contributed by atoms with Crippen LogP contribution in [0.3, 0.4) is 0 Å². The van der Waals surface area contributed by atoms with E-state index in [2.05, 4.69) is 10.3 Å². The van der Waals surface area contributed by atoms with Crippen LogP contribution in [-0.4, -0.2) is 57.0 Å². The molecule has 4 rings (SSSR count). The molecule has 0 aromatic carbocycles. The van der Waals surface area contributed by atoms with Crippen LogP contribution < -0.4 is 16.6 Å². The Morgan fingerprint density at radius 3 is 2.76 bits per heavy atom. The van der Waals surface area contributed by atoms with Gasteiger partial charge < -0.3 is 14.7 Å². The SMILES string of the molecule is CCn1c(=O)c2c(C)c(CN3CCN=C3NC(=O)O)sc2n(CC2CCO2)c1=O. The molecule has 1 fully saturated rings. The van der Waals surface area contributed by atoms with Crippen molar-refractivity contribution < 1.29 is 14.6 Å². The lowest BCUT2D eigenvalue weighted by Gasteiger charge is -2.27. The van der Waals surface area contributed by atoms with Gasteiger partial charge in [0.25, 0.3) is 5.56 Å². The zero-order valence-corrected chi connectivity index (χ0v) is 17.1. The third-order valence-electron chi connectivity index (χ3n) is 5.37. The first-order valence-corrected chi connectivity index (χ1v) is 10.4. The number of hydrogen-bond acceptors (Lipinski definition) is 7. The maximum Gasteiger partial charge on any atom is 0.411 e. The van der Waals surface area contributed by atoms with Gasteiger partial charge in [0.1, 0.15) is 4.83 Å². The summed E-state index contributed by atoms with van der Waals surface area (Å²) in [5.74, 6) is 0.306. The van der Waals surface area contributed by atoms with E-state index in [0.717, 1.165) is 16.9 Å². The predicted molar refractivity (Wildman–Crippen MR) is 109 cm³/mol. The van der Waals surface area contributed by atoms with Crippen molar-refractivity contribution in [2.45, 2.75) is 46.0 Å². The van der Waals surface area contributed by atoms with E-state index in [1.165, 1.54) is 15.9 Å². The van der Waals surface area contributed by atoms with Gasteiger partial charge in [-0.3, -0.25) is 24.2 Å². The first-order valence-electron chi connectivity index (χ1n) is 9.57. The van der Waals surface area contributed by atoms with E-state index < -0.39 is 6.09 Å². The fourth-order valence-corrected chi connectivity index (χ4v) is 5.00. The molecule has 0 bridgehead atoms. The van der Waals surface area contributed by atoms with Gasteiger partial charge in [0, 0.05) is 24.6 Å². The average molecular weight is 421 g/mol. The Morgan fingerprint density at radius 2 is 2.14 bits per heavy atom. The predicted octanol–water partition coefficient (Wildman–Crippen LogP) is 0.781. The van der Waals surface area contributed by atoms with Crippen LogP contribution in [0.2, 0.25) is 0 Å². The summed E-state index contributed by atoms with van der Waals surface area (Å²) >= 11 is 1.40. The van der Waals surface area contributed by atoms with Crippen LogP contribution >= 0.6 is 11.3 Å². The largest absolute Gasteiger partial charge is 0.465 e. The van der Waals surface area contributed by atoms with Crippen molar-refractivity contribution in [3.63, 3.8) is 0 Å². The van der Waals surface area contributed by atoms with Crippen LogP contribution in [0.4, 0.5) is 4.79 Å². The van der Waals surface area contributed by atoms with Crippen molar-refractivity contribution in [3.8, 4) is 0 Å². The van der Waals surface area contributed by atoms with E-state index >= 15 is 0 Å². The van der Waals surface area contributed by atoms with E-state index in [1.54, 1.807) is 11.5 Å². The van der Waals surface area contributed by atoms with Crippen LogP contribution in [0.5, 0.6) is 0 Å². The molecule has 2 aromatic rings. The molecule has 156 valence electrons. The Morgan fingerprint density at radius 1 is 1.38 bits per heavy atom. The second-order valence-corrected chi connectivity index (χ2v) is 8.20. The molecule has 2 aromatic heterocycles. The molecule has 1 saturated heterocycles. The van der Waals surface area contributed by atoms with Gasteiger partial charge >= 0.3 is 11.8 Å². The van der Waals surface area contributed by atoms with E-state index in [0.29, 0.717) is 55.5 Å². The van der Waals surface area contributed by atoms with Gasteiger partial charge in [0.2, 0.25) is 5.96 Å². The first-order chi connectivity index (χ1) is 13.9. The average Bonchev–Trinajstić information content (AvgIpc) is 3.18. The third kappa shape index (κ3) is 3.44. The molecule has 2 aliphatic rings. The number of carboxylic acid groups (broad SMARTS) is 1. The Kier molecular flexibility index (Phi) is 5.17. The standard InChI is InChI=1S/C18H23N5O5S/c1-3-22-14(24)13-10(2)12(9-21-6-5-19-16(21)20-17(25)26)29-15(13)23(18(22)27)8-11-4-7-28-11/h11H,3-9H2,1-2H3,(H,19,20)(H,25,26). The lowest BCUT2D eigenvalue weighted by molar-refractivity contribution is -0.0593. The number of nitrogens with zero attached hydrogens (tertiary/aromatic N) is 4. The quantitative estimate of drug-likeness (QED) is 0.737. The van der Waals surface area contributed by atoms with Gasteiger partial charge in [-0.2, -0.15) is 0 Å². The summed E-state index contributed by atoms with van der Waals surface area (Å²) in [5.41, 5.74) is 0.226. The Hall–Kier alpha value is -2.66. The molecular formula is C18H23N5O5S. The molecule has 2 aliphatic heterocycles. The fraction of sp³-hybridized carbons (Fsp3) is 0.556. The number of hydrogen-bond donors (Lipinski definition) is 2. The number of carbonyl (C=O) groups is 1. The highest BCUT2D eigenvalue weighted by Gasteiger charge is 2.26. The number of aryl methyl sites for hydroxylation is 1. The molecule has 1 unspecified atom stereocenters. The molecular weight excluding hydrogens is 398 g/mol. The molecule has 11 heteroatoms. The van der Waals surface area contributed by atoms with Crippen molar-refractivity contribution in [2.24, 2.45) is 4.99 Å². The summed E-state index contributed by atoms with van der Waals surface area (Å²) < 4.78 is 8.42. The normalized spacial score (nSPS) is 18.8. The van der Waals surface area contributed by atoms with E-state index in [-0.39, 0.29) is 17.4 Å². The molecule has 29 heavy (non-hydrogen) atoms. The van der Waals surface area contributed by atoms with Gasteiger partial charge in [0.15, 0.2) is 0 Å². The molecule has 0 saturated carbocycles. The van der Waals surface area contributed by atoms with E-state index in [9.17, 15) is 14.4 Å². The third-order valence-corrected chi connectivity index (χ3v) is 6.67. The lowest BCUT2D eigenvalue weighted by atomic mass is 10.2. The highest BCUT2D eigenvalue weighted by Crippen LogP contribution is 2.30. The van der Waals surface area contributed by atoms with Crippen LogP contribution in [0, 0.1) is 6.92 Å². The summed E-state index contributed by atoms with van der Waals surface area (Å²) in [6.07, 6.45) is -0.282. The second kappa shape index (κ2) is 7.64.